The standard InChI is InChI=1S/C26H23NO5/c28-20-8-3-7-18(14-20)23-22(25(30)26(31)27(23)15-21-9-4-12-32-21)24(29)19-11-10-16-5-1-2-6-17(16)13-19/h1-3,5-8,10-11,13-14,21,23,28-29H,4,9,12,15H2/b24-22-. The summed E-state index contributed by atoms with van der Waals surface area (Å²) in [6.45, 7) is 0.877. The number of fused-ring (bicyclic) bond motifs is 1. The number of aliphatic hydroxyl groups excluding tert-OH is 1. The second-order valence-electron chi connectivity index (χ2n) is 8.24. The molecule has 162 valence electrons. The van der Waals surface area contributed by atoms with Crippen LogP contribution in [0.2, 0.25) is 0 Å². The van der Waals surface area contributed by atoms with Gasteiger partial charge in [-0.1, -0.05) is 48.5 Å². The van der Waals surface area contributed by atoms with Gasteiger partial charge >= 0.3 is 0 Å². The third kappa shape index (κ3) is 3.52. The Morgan fingerprint density at radius 3 is 2.56 bits per heavy atom. The molecule has 3 aromatic rings. The SMILES string of the molecule is O=C1C(=O)N(CC2CCCO2)C(c2cccc(O)c2)/C1=C(/O)c1ccc2ccccc2c1. The van der Waals surface area contributed by atoms with E-state index in [4.69, 9.17) is 4.74 Å². The lowest BCUT2D eigenvalue weighted by Crippen LogP contribution is -2.36. The van der Waals surface area contributed by atoms with E-state index in [1.807, 2.05) is 30.3 Å². The van der Waals surface area contributed by atoms with Gasteiger partial charge in [0.25, 0.3) is 11.7 Å². The van der Waals surface area contributed by atoms with Gasteiger partial charge in [-0.3, -0.25) is 9.59 Å². The minimum Gasteiger partial charge on any atom is -0.508 e. The van der Waals surface area contributed by atoms with Gasteiger partial charge in [-0.2, -0.15) is 0 Å². The second kappa shape index (κ2) is 8.13. The molecule has 2 N–H and O–H groups in total. The van der Waals surface area contributed by atoms with Crippen LogP contribution < -0.4 is 0 Å². The number of likely N-dealkylation sites (tertiary alicyclic amines) is 1. The van der Waals surface area contributed by atoms with Crippen molar-refractivity contribution in [2.24, 2.45) is 0 Å². The molecule has 0 bridgehead atoms. The number of carbonyl (C=O) groups excluding carboxylic acids is 2. The first-order chi connectivity index (χ1) is 15.5. The molecule has 2 aliphatic heterocycles. The minimum atomic E-state index is -0.808. The Morgan fingerprint density at radius 2 is 1.81 bits per heavy atom. The van der Waals surface area contributed by atoms with Crippen molar-refractivity contribution in [2.75, 3.05) is 13.2 Å². The number of benzene rings is 3. The molecular formula is C26H23NO5. The van der Waals surface area contributed by atoms with Crippen molar-refractivity contribution in [1.82, 2.24) is 4.90 Å². The molecule has 6 nitrogen and oxygen atoms in total. The molecule has 2 atom stereocenters. The lowest BCUT2D eigenvalue weighted by atomic mass is 9.94. The lowest BCUT2D eigenvalue weighted by molar-refractivity contribution is -0.140. The fraction of sp³-hybridized carbons (Fsp3) is 0.231. The lowest BCUT2D eigenvalue weighted by Gasteiger charge is -2.27. The zero-order chi connectivity index (χ0) is 22.2. The Bertz CT molecular complexity index is 1240. The van der Waals surface area contributed by atoms with Gasteiger partial charge in [0.15, 0.2) is 0 Å². The second-order valence-corrected chi connectivity index (χ2v) is 8.24. The van der Waals surface area contributed by atoms with Crippen LogP contribution in [0.25, 0.3) is 16.5 Å². The molecule has 2 heterocycles. The Kier molecular flexibility index (Phi) is 5.15. The highest BCUT2D eigenvalue weighted by molar-refractivity contribution is 6.46. The summed E-state index contributed by atoms with van der Waals surface area (Å²) in [5.41, 5.74) is 1.04. The first kappa shape index (κ1) is 20.3. The quantitative estimate of drug-likeness (QED) is 0.370. The number of nitrogens with zero attached hydrogens (tertiary/aromatic N) is 1. The normalized spacial score (nSPS) is 22.7. The number of phenols is 1. The van der Waals surface area contributed by atoms with Crippen LogP contribution in [0.3, 0.4) is 0 Å². The molecule has 32 heavy (non-hydrogen) atoms. The molecule has 0 saturated carbocycles. The summed E-state index contributed by atoms with van der Waals surface area (Å²) in [6.07, 6.45) is 1.55. The largest absolute Gasteiger partial charge is 0.508 e. The number of ether oxygens (including phenoxy) is 1. The Hall–Kier alpha value is -3.64. The number of aromatic hydroxyl groups is 1. The number of rotatable bonds is 4. The van der Waals surface area contributed by atoms with E-state index < -0.39 is 17.7 Å². The van der Waals surface area contributed by atoms with Crippen LogP contribution in [0.15, 0.2) is 72.3 Å². The predicted octanol–water partition coefficient (Wildman–Crippen LogP) is 4.15. The van der Waals surface area contributed by atoms with E-state index in [0.29, 0.717) is 17.7 Å². The summed E-state index contributed by atoms with van der Waals surface area (Å²) in [5, 5.41) is 23.2. The number of aliphatic hydroxyl groups is 1. The van der Waals surface area contributed by atoms with Crippen molar-refractivity contribution in [1.29, 1.82) is 0 Å². The number of ketones is 1. The van der Waals surface area contributed by atoms with Crippen LogP contribution in [-0.4, -0.2) is 46.1 Å². The Balaban J connectivity index is 1.64. The maximum absolute atomic E-state index is 13.1. The van der Waals surface area contributed by atoms with E-state index in [1.54, 1.807) is 24.3 Å². The van der Waals surface area contributed by atoms with Crippen LogP contribution in [0.4, 0.5) is 0 Å². The summed E-state index contributed by atoms with van der Waals surface area (Å²) in [7, 11) is 0. The van der Waals surface area contributed by atoms with E-state index in [2.05, 4.69) is 0 Å². The summed E-state index contributed by atoms with van der Waals surface area (Å²) in [6, 6.07) is 18.8. The summed E-state index contributed by atoms with van der Waals surface area (Å²) >= 11 is 0. The van der Waals surface area contributed by atoms with Gasteiger partial charge in [-0.05, 0) is 47.4 Å². The molecule has 0 radical (unpaired) electrons. The van der Waals surface area contributed by atoms with Crippen molar-refractivity contribution < 1.29 is 24.5 Å². The van der Waals surface area contributed by atoms with Gasteiger partial charge in [0, 0.05) is 18.7 Å². The summed E-state index contributed by atoms with van der Waals surface area (Å²) in [5.74, 6) is -1.61. The van der Waals surface area contributed by atoms with Crippen molar-refractivity contribution in [3.8, 4) is 5.75 Å². The van der Waals surface area contributed by atoms with Crippen LogP contribution in [0.5, 0.6) is 5.75 Å². The molecule has 0 aromatic heterocycles. The number of Topliss-reactive ketones (excluding diaryl/α,β-unsaturated/α-hetero) is 1. The summed E-state index contributed by atoms with van der Waals surface area (Å²) in [4.78, 5) is 27.6. The molecule has 6 heteroatoms. The van der Waals surface area contributed by atoms with Crippen LogP contribution >= 0.6 is 0 Å². The van der Waals surface area contributed by atoms with Gasteiger partial charge in [0.05, 0.1) is 17.7 Å². The number of amides is 1. The Morgan fingerprint density at radius 1 is 1.00 bits per heavy atom. The van der Waals surface area contributed by atoms with Gasteiger partial charge in [-0.15, -0.1) is 0 Å². The molecular weight excluding hydrogens is 406 g/mol. The molecule has 2 aliphatic rings. The third-order valence-corrected chi connectivity index (χ3v) is 6.17. The van der Waals surface area contributed by atoms with Crippen molar-refractivity contribution >= 4 is 28.2 Å². The fourth-order valence-electron chi connectivity index (χ4n) is 4.61. The number of phenolic OH excluding ortho intramolecular Hbond substituents is 1. The molecule has 0 spiro atoms. The fourth-order valence-corrected chi connectivity index (χ4v) is 4.61. The molecule has 1 amide bonds. The predicted molar refractivity (Wildman–Crippen MR) is 120 cm³/mol. The average Bonchev–Trinajstić information content (AvgIpc) is 3.41. The minimum absolute atomic E-state index is 0.0221. The highest BCUT2D eigenvalue weighted by Crippen LogP contribution is 2.41. The monoisotopic (exact) mass is 429 g/mol. The maximum Gasteiger partial charge on any atom is 0.295 e. The van der Waals surface area contributed by atoms with E-state index in [9.17, 15) is 19.8 Å². The molecule has 5 rings (SSSR count). The van der Waals surface area contributed by atoms with E-state index in [0.717, 1.165) is 23.6 Å². The molecule has 3 aromatic carbocycles. The maximum atomic E-state index is 13.1. The highest BCUT2D eigenvalue weighted by Gasteiger charge is 2.47. The first-order valence-corrected chi connectivity index (χ1v) is 10.7. The highest BCUT2D eigenvalue weighted by atomic mass is 16.5. The van der Waals surface area contributed by atoms with Crippen molar-refractivity contribution in [3.63, 3.8) is 0 Å². The molecule has 2 fully saturated rings. The zero-order valence-corrected chi connectivity index (χ0v) is 17.4. The van der Waals surface area contributed by atoms with E-state index >= 15 is 0 Å². The van der Waals surface area contributed by atoms with Crippen LogP contribution in [-0.2, 0) is 14.3 Å². The molecule has 0 aliphatic carbocycles. The Labute approximate surface area is 185 Å². The van der Waals surface area contributed by atoms with Crippen LogP contribution in [0, 0.1) is 0 Å². The van der Waals surface area contributed by atoms with Gasteiger partial charge < -0.3 is 19.8 Å². The average molecular weight is 429 g/mol. The van der Waals surface area contributed by atoms with Crippen LogP contribution in [0.1, 0.15) is 30.0 Å². The first-order valence-electron chi connectivity index (χ1n) is 10.7. The topological polar surface area (TPSA) is 87.1 Å². The van der Waals surface area contributed by atoms with E-state index in [1.165, 1.54) is 17.0 Å². The van der Waals surface area contributed by atoms with Gasteiger partial charge in [0.2, 0.25) is 0 Å². The van der Waals surface area contributed by atoms with Crippen molar-refractivity contribution in [3.05, 3.63) is 83.4 Å². The number of hydrogen-bond donors (Lipinski definition) is 2. The third-order valence-electron chi connectivity index (χ3n) is 6.17. The molecule has 2 unspecified atom stereocenters. The summed E-state index contributed by atoms with van der Waals surface area (Å²) < 4.78 is 5.70. The zero-order valence-electron chi connectivity index (χ0n) is 17.4. The van der Waals surface area contributed by atoms with Gasteiger partial charge in [0.1, 0.15) is 11.5 Å². The number of hydrogen-bond acceptors (Lipinski definition) is 5. The number of carbonyl (C=O) groups is 2. The van der Waals surface area contributed by atoms with Gasteiger partial charge in [-0.25, -0.2) is 0 Å². The smallest absolute Gasteiger partial charge is 0.295 e. The van der Waals surface area contributed by atoms with Crippen molar-refractivity contribution in [2.45, 2.75) is 25.0 Å². The molecule has 2 saturated heterocycles. The van der Waals surface area contributed by atoms with E-state index in [-0.39, 0.29) is 29.7 Å².